The van der Waals surface area contributed by atoms with Crippen LogP contribution >= 0.6 is 0 Å². The number of Topliss-reactive ketones (excluding diaryl/α,β-unsaturated/α-hetero) is 1. The van der Waals surface area contributed by atoms with Gasteiger partial charge in [0, 0.05) is 25.3 Å². The zero-order valence-electron chi connectivity index (χ0n) is 13.9. The van der Waals surface area contributed by atoms with Crippen molar-refractivity contribution in [2.24, 2.45) is 0 Å². The molecule has 0 aliphatic rings. The Bertz CT molecular complexity index is 688. The number of aryl methyl sites for hydroxylation is 1. The topological polar surface area (TPSA) is 46.6 Å². The molecule has 0 bridgehead atoms. The molecule has 2 rings (SSSR count). The lowest BCUT2D eigenvalue weighted by molar-refractivity contribution is 0.0319. The van der Waals surface area contributed by atoms with Gasteiger partial charge in [0.2, 0.25) is 5.78 Å². The van der Waals surface area contributed by atoms with Gasteiger partial charge in [0.15, 0.2) is 6.10 Å². The van der Waals surface area contributed by atoms with E-state index in [1.54, 1.807) is 31.2 Å². The maximum absolute atomic E-state index is 12.3. The molecule has 120 valence electrons. The van der Waals surface area contributed by atoms with Crippen LogP contribution in [0.4, 0.5) is 5.69 Å². The van der Waals surface area contributed by atoms with Crippen LogP contribution in [0.15, 0.2) is 48.5 Å². The number of hydrogen-bond donors (Lipinski definition) is 0. The molecule has 0 saturated heterocycles. The summed E-state index contributed by atoms with van der Waals surface area (Å²) in [7, 11) is 3.85. The van der Waals surface area contributed by atoms with Crippen molar-refractivity contribution in [3.63, 3.8) is 0 Å². The van der Waals surface area contributed by atoms with E-state index in [1.807, 2.05) is 50.2 Å². The molecule has 4 heteroatoms. The lowest BCUT2D eigenvalue weighted by Crippen LogP contribution is -2.24. The first-order valence-corrected chi connectivity index (χ1v) is 7.47. The molecule has 0 aliphatic heterocycles. The van der Waals surface area contributed by atoms with Gasteiger partial charge in [-0.2, -0.15) is 0 Å². The fourth-order valence-electron chi connectivity index (χ4n) is 2.13. The minimum Gasteiger partial charge on any atom is -0.451 e. The SMILES string of the molecule is Cc1ccc(C(=O)[C@@H](C)OC(=O)c2ccc(N(C)C)cc2)cc1. The van der Waals surface area contributed by atoms with Gasteiger partial charge < -0.3 is 9.64 Å². The Labute approximate surface area is 136 Å². The predicted octanol–water partition coefficient (Wildman–Crippen LogP) is 3.49. The monoisotopic (exact) mass is 311 g/mol. The van der Waals surface area contributed by atoms with Gasteiger partial charge in [-0.05, 0) is 38.1 Å². The highest BCUT2D eigenvalue weighted by molar-refractivity contribution is 6.01. The summed E-state index contributed by atoms with van der Waals surface area (Å²) in [6, 6.07) is 14.3. The molecular formula is C19H21NO3. The molecular weight excluding hydrogens is 290 g/mol. The van der Waals surface area contributed by atoms with Crippen molar-refractivity contribution in [3.05, 3.63) is 65.2 Å². The van der Waals surface area contributed by atoms with E-state index < -0.39 is 12.1 Å². The number of nitrogens with zero attached hydrogens (tertiary/aromatic N) is 1. The minimum absolute atomic E-state index is 0.205. The summed E-state index contributed by atoms with van der Waals surface area (Å²) in [5, 5.41) is 0. The van der Waals surface area contributed by atoms with E-state index in [4.69, 9.17) is 4.74 Å². The van der Waals surface area contributed by atoms with Crippen molar-refractivity contribution in [2.45, 2.75) is 20.0 Å². The van der Waals surface area contributed by atoms with Crippen molar-refractivity contribution in [1.29, 1.82) is 0 Å². The molecule has 0 heterocycles. The average Bonchev–Trinajstić information content (AvgIpc) is 2.54. The molecule has 1 atom stereocenters. The highest BCUT2D eigenvalue weighted by atomic mass is 16.5. The van der Waals surface area contributed by atoms with Crippen molar-refractivity contribution in [2.75, 3.05) is 19.0 Å². The summed E-state index contributed by atoms with van der Waals surface area (Å²) in [6.07, 6.45) is -0.821. The third kappa shape index (κ3) is 4.19. The smallest absolute Gasteiger partial charge is 0.338 e. The molecule has 0 radical (unpaired) electrons. The van der Waals surface area contributed by atoms with Crippen LogP contribution < -0.4 is 4.90 Å². The lowest BCUT2D eigenvalue weighted by atomic mass is 10.1. The van der Waals surface area contributed by atoms with E-state index in [0.29, 0.717) is 11.1 Å². The van der Waals surface area contributed by atoms with Crippen molar-refractivity contribution in [3.8, 4) is 0 Å². The van der Waals surface area contributed by atoms with Crippen LogP contribution in [0.25, 0.3) is 0 Å². The van der Waals surface area contributed by atoms with Gasteiger partial charge in [-0.3, -0.25) is 4.79 Å². The first-order valence-electron chi connectivity index (χ1n) is 7.47. The fourth-order valence-corrected chi connectivity index (χ4v) is 2.13. The fraction of sp³-hybridized carbons (Fsp3) is 0.263. The maximum atomic E-state index is 12.3. The molecule has 0 unspecified atom stereocenters. The summed E-state index contributed by atoms with van der Waals surface area (Å²) in [4.78, 5) is 26.4. The summed E-state index contributed by atoms with van der Waals surface area (Å²) >= 11 is 0. The molecule has 0 saturated carbocycles. The molecule has 0 spiro atoms. The van der Waals surface area contributed by atoms with Crippen LogP contribution in [0.1, 0.15) is 33.2 Å². The highest BCUT2D eigenvalue weighted by Crippen LogP contribution is 2.15. The van der Waals surface area contributed by atoms with E-state index in [2.05, 4.69) is 0 Å². The molecule has 2 aromatic carbocycles. The molecule has 0 aromatic heterocycles. The Morgan fingerprint density at radius 1 is 0.913 bits per heavy atom. The average molecular weight is 311 g/mol. The molecule has 0 aliphatic carbocycles. The Hall–Kier alpha value is -2.62. The number of benzene rings is 2. The molecule has 2 aromatic rings. The second kappa shape index (κ2) is 7.09. The van der Waals surface area contributed by atoms with Crippen LogP contribution in [0, 0.1) is 6.92 Å². The molecule has 0 fully saturated rings. The number of hydrogen-bond acceptors (Lipinski definition) is 4. The van der Waals surface area contributed by atoms with Gasteiger partial charge in [-0.15, -0.1) is 0 Å². The van der Waals surface area contributed by atoms with Crippen LogP contribution in [0.3, 0.4) is 0 Å². The lowest BCUT2D eigenvalue weighted by Gasteiger charge is -2.14. The third-order valence-corrected chi connectivity index (χ3v) is 3.61. The molecule has 23 heavy (non-hydrogen) atoms. The van der Waals surface area contributed by atoms with Crippen LogP contribution in [-0.4, -0.2) is 32.0 Å². The largest absolute Gasteiger partial charge is 0.451 e. The van der Waals surface area contributed by atoms with Crippen molar-refractivity contribution >= 4 is 17.4 Å². The second-order valence-corrected chi connectivity index (χ2v) is 5.72. The maximum Gasteiger partial charge on any atom is 0.338 e. The number of rotatable bonds is 5. The van der Waals surface area contributed by atoms with Gasteiger partial charge in [-0.1, -0.05) is 29.8 Å². The molecule has 0 N–H and O–H groups in total. The number of ketones is 1. The summed E-state index contributed by atoms with van der Waals surface area (Å²) in [5.41, 5.74) is 3.04. The second-order valence-electron chi connectivity index (χ2n) is 5.72. The van der Waals surface area contributed by atoms with Gasteiger partial charge in [0.25, 0.3) is 0 Å². The van der Waals surface area contributed by atoms with Crippen LogP contribution in [0.5, 0.6) is 0 Å². The van der Waals surface area contributed by atoms with Crippen LogP contribution in [0.2, 0.25) is 0 Å². The van der Waals surface area contributed by atoms with Gasteiger partial charge in [0.05, 0.1) is 5.56 Å². The Balaban J connectivity index is 2.04. The molecule has 0 amide bonds. The van der Waals surface area contributed by atoms with Gasteiger partial charge in [0.1, 0.15) is 0 Å². The van der Waals surface area contributed by atoms with Crippen molar-refractivity contribution < 1.29 is 14.3 Å². The third-order valence-electron chi connectivity index (χ3n) is 3.61. The normalized spacial score (nSPS) is 11.7. The van der Waals surface area contributed by atoms with E-state index in [0.717, 1.165) is 11.3 Å². The first kappa shape index (κ1) is 16.7. The van der Waals surface area contributed by atoms with E-state index >= 15 is 0 Å². The summed E-state index contributed by atoms with van der Waals surface area (Å²) in [5.74, 6) is -0.702. The number of ether oxygens (including phenoxy) is 1. The Morgan fingerprint density at radius 3 is 1.96 bits per heavy atom. The number of esters is 1. The van der Waals surface area contributed by atoms with Crippen molar-refractivity contribution in [1.82, 2.24) is 0 Å². The van der Waals surface area contributed by atoms with Crippen LogP contribution in [-0.2, 0) is 4.74 Å². The zero-order valence-corrected chi connectivity index (χ0v) is 13.9. The predicted molar refractivity (Wildman–Crippen MR) is 91.2 cm³/mol. The summed E-state index contributed by atoms with van der Waals surface area (Å²) in [6.45, 7) is 3.55. The van der Waals surface area contributed by atoms with E-state index in [9.17, 15) is 9.59 Å². The quantitative estimate of drug-likeness (QED) is 0.626. The highest BCUT2D eigenvalue weighted by Gasteiger charge is 2.20. The number of carbonyl (C=O) groups excluding carboxylic acids is 2. The standard InChI is InChI=1S/C19H21NO3/c1-13-5-7-15(8-6-13)18(21)14(2)23-19(22)16-9-11-17(12-10-16)20(3)4/h5-12,14H,1-4H3/t14-/m1/s1. The van der Waals surface area contributed by atoms with Gasteiger partial charge in [-0.25, -0.2) is 4.79 Å². The Morgan fingerprint density at radius 2 is 1.43 bits per heavy atom. The Kier molecular flexibility index (Phi) is 5.16. The van der Waals surface area contributed by atoms with E-state index in [-0.39, 0.29) is 5.78 Å². The first-order chi connectivity index (χ1) is 10.9. The van der Waals surface area contributed by atoms with E-state index in [1.165, 1.54) is 0 Å². The zero-order chi connectivity index (χ0) is 17.0. The minimum atomic E-state index is -0.821. The number of carbonyl (C=O) groups is 2. The number of anilines is 1. The van der Waals surface area contributed by atoms with Gasteiger partial charge >= 0.3 is 5.97 Å². The molecule has 4 nitrogen and oxygen atoms in total. The summed E-state index contributed by atoms with van der Waals surface area (Å²) < 4.78 is 5.28.